The molecule has 182 valence electrons. The van der Waals surface area contributed by atoms with E-state index < -0.39 is 0 Å². The van der Waals surface area contributed by atoms with Gasteiger partial charge < -0.3 is 24.1 Å². The summed E-state index contributed by atoms with van der Waals surface area (Å²) >= 11 is 0. The fraction of sp³-hybridized carbons (Fsp3) is 0.444. The van der Waals surface area contributed by atoms with E-state index in [1.54, 1.807) is 14.2 Å². The van der Waals surface area contributed by atoms with Gasteiger partial charge in [-0.3, -0.25) is 9.69 Å². The molecule has 34 heavy (non-hydrogen) atoms. The van der Waals surface area contributed by atoms with Crippen molar-refractivity contribution in [3.8, 4) is 11.5 Å². The molecule has 1 fully saturated rings. The zero-order valence-corrected chi connectivity index (χ0v) is 20.4. The molecule has 1 atom stereocenters. The molecule has 7 heteroatoms. The Morgan fingerprint density at radius 1 is 1.09 bits per heavy atom. The third-order valence-electron chi connectivity index (χ3n) is 6.56. The van der Waals surface area contributed by atoms with Crippen LogP contribution < -0.4 is 14.8 Å². The van der Waals surface area contributed by atoms with Gasteiger partial charge in [-0.15, -0.1) is 0 Å². The van der Waals surface area contributed by atoms with Crippen molar-refractivity contribution < 1.29 is 19.0 Å². The summed E-state index contributed by atoms with van der Waals surface area (Å²) in [6.45, 7) is 7.81. The standard InChI is InChI=1S/C27H35N3O4/c1-4-30-19-25(23-7-5-6-8-26(23)30)24(20-15-21(32-2)17-22(16-20)33-3)18-27(31)28-9-10-29-11-13-34-14-12-29/h5-8,15-17,19,24H,4,9-14,18H2,1-3H3,(H,28,31). The highest BCUT2D eigenvalue weighted by molar-refractivity contribution is 5.86. The Morgan fingerprint density at radius 2 is 1.79 bits per heavy atom. The number of fused-ring (bicyclic) bond motifs is 1. The molecule has 0 aliphatic carbocycles. The molecule has 1 saturated heterocycles. The van der Waals surface area contributed by atoms with Crippen LogP contribution in [0.5, 0.6) is 11.5 Å². The van der Waals surface area contributed by atoms with Crippen molar-refractivity contribution in [2.75, 3.05) is 53.6 Å². The molecular weight excluding hydrogens is 430 g/mol. The van der Waals surface area contributed by atoms with Gasteiger partial charge in [0, 0.05) is 68.2 Å². The molecule has 1 amide bonds. The number of nitrogens with zero attached hydrogens (tertiary/aromatic N) is 2. The Morgan fingerprint density at radius 3 is 2.47 bits per heavy atom. The Hall–Kier alpha value is -3.03. The van der Waals surface area contributed by atoms with Gasteiger partial charge in [0.25, 0.3) is 0 Å². The predicted octanol–water partition coefficient (Wildman–Crippen LogP) is 3.65. The molecule has 1 aliphatic rings. The number of ether oxygens (including phenoxy) is 3. The van der Waals surface area contributed by atoms with Crippen LogP contribution in [0.4, 0.5) is 0 Å². The van der Waals surface area contributed by atoms with Gasteiger partial charge in [-0.05, 0) is 36.2 Å². The summed E-state index contributed by atoms with van der Waals surface area (Å²) in [6, 6.07) is 14.2. The Bertz CT molecular complexity index is 1080. The van der Waals surface area contributed by atoms with Crippen LogP contribution in [0, 0.1) is 0 Å². The van der Waals surface area contributed by atoms with Crippen molar-refractivity contribution in [3.05, 3.63) is 59.8 Å². The molecule has 1 unspecified atom stereocenters. The SMILES string of the molecule is CCn1cc(C(CC(=O)NCCN2CCOCC2)c2cc(OC)cc(OC)c2)c2ccccc21. The number of hydrogen-bond donors (Lipinski definition) is 1. The fourth-order valence-electron chi connectivity index (χ4n) is 4.69. The molecule has 2 heterocycles. The summed E-state index contributed by atoms with van der Waals surface area (Å²) in [5.74, 6) is 1.33. The maximum absolute atomic E-state index is 13.1. The molecular formula is C27H35N3O4. The minimum absolute atomic E-state index is 0.0355. The van der Waals surface area contributed by atoms with Gasteiger partial charge in [0.05, 0.1) is 27.4 Å². The number of aromatic nitrogens is 1. The highest BCUT2D eigenvalue weighted by atomic mass is 16.5. The topological polar surface area (TPSA) is 65.0 Å². The van der Waals surface area contributed by atoms with E-state index in [1.165, 1.54) is 5.52 Å². The van der Waals surface area contributed by atoms with E-state index >= 15 is 0 Å². The van der Waals surface area contributed by atoms with Gasteiger partial charge in [-0.2, -0.15) is 0 Å². The van der Waals surface area contributed by atoms with Crippen LogP contribution in [-0.4, -0.2) is 69.0 Å². The smallest absolute Gasteiger partial charge is 0.220 e. The van der Waals surface area contributed by atoms with E-state index in [-0.39, 0.29) is 11.8 Å². The highest BCUT2D eigenvalue weighted by Crippen LogP contribution is 2.37. The molecule has 2 aromatic carbocycles. The van der Waals surface area contributed by atoms with E-state index in [2.05, 4.69) is 52.2 Å². The average Bonchev–Trinajstić information content (AvgIpc) is 3.26. The minimum atomic E-state index is -0.134. The molecule has 4 rings (SSSR count). The lowest BCUT2D eigenvalue weighted by Gasteiger charge is -2.26. The summed E-state index contributed by atoms with van der Waals surface area (Å²) < 4.78 is 18.7. The van der Waals surface area contributed by atoms with Crippen LogP contribution in [0.2, 0.25) is 0 Å². The van der Waals surface area contributed by atoms with Crippen molar-refractivity contribution in [2.45, 2.75) is 25.8 Å². The third-order valence-corrected chi connectivity index (χ3v) is 6.56. The lowest BCUT2D eigenvalue weighted by molar-refractivity contribution is -0.121. The summed E-state index contributed by atoms with van der Waals surface area (Å²) in [5, 5.41) is 4.30. The zero-order chi connectivity index (χ0) is 23.9. The molecule has 0 bridgehead atoms. The van der Waals surface area contributed by atoms with Crippen molar-refractivity contribution in [1.82, 2.24) is 14.8 Å². The first-order chi connectivity index (χ1) is 16.6. The van der Waals surface area contributed by atoms with Crippen molar-refractivity contribution in [1.29, 1.82) is 0 Å². The number of nitrogens with one attached hydrogen (secondary N) is 1. The molecule has 3 aromatic rings. The molecule has 0 spiro atoms. The minimum Gasteiger partial charge on any atom is -0.497 e. The number of morpholine rings is 1. The van der Waals surface area contributed by atoms with E-state index in [0.717, 1.165) is 55.9 Å². The number of amides is 1. The lowest BCUT2D eigenvalue weighted by atomic mass is 9.87. The van der Waals surface area contributed by atoms with Crippen LogP contribution in [-0.2, 0) is 16.1 Å². The second-order valence-corrected chi connectivity index (χ2v) is 8.59. The summed E-state index contributed by atoms with van der Waals surface area (Å²) in [7, 11) is 3.30. The van der Waals surface area contributed by atoms with Crippen molar-refractivity contribution in [2.24, 2.45) is 0 Å². The van der Waals surface area contributed by atoms with Gasteiger partial charge in [0.2, 0.25) is 5.91 Å². The zero-order valence-electron chi connectivity index (χ0n) is 20.4. The number of carbonyl (C=O) groups is 1. The summed E-state index contributed by atoms with van der Waals surface area (Å²) in [6.07, 6.45) is 2.53. The van der Waals surface area contributed by atoms with Gasteiger partial charge >= 0.3 is 0 Å². The van der Waals surface area contributed by atoms with Gasteiger partial charge in [-0.1, -0.05) is 18.2 Å². The maximum Gasteiger partial charge on any atom is 0.220 e. The Labute approximate surface area is 201 Å². The van der Waals surface area contributed by atoms with Gasteiger partial charge in [0.1, 0.15) is 11.5 Å². The Kier molecular flexibility index (Phi) is 8.08. The van der Waals surface area contributed by atoms with Crippen molar-refractivity contribution in [3.63, 3.8) is 0 Å². The van der Waals surface area contributed by atoms with Crippen molar-refractivity contribution >= 4 is 16.8 Å². The van der Waals surface area contributed by atoms with Crippen LogP contribution in [0.1, 0.15) is 30.4 Å². The monoisotopic (exact) mass is 465 g/mol. The number of aryl methyl sites for hydroxylation is 1. The first-order valence-corrected chi connectivity index (χ1v) is 12.0. The first kappa shape index (κ1) is 24.1. The fourth-order valence-corrected chi connectivity index (χ4v) is 4.69. The second-order valence-electron chi connectivity index (χ2n) is 8.59. The van der Waals surface area contributed by atoms with E-state index in [0.29, 0.717) is 24.5 Å². The number of para-hydroxylation sites is 1. The van der Waals surface area contributed by atoms with E-state index in [4.69, 9.17) is 14.2 Å². The number of carbonyl (C=O) groups excluding carboxylic acids is 1. The lowest BCUT2D eigenvalue weighted by Crippen LogP contribution is -2.41. The third kappa shape index (κ3) is 5.54. The number of benzene rings is 2. The normalized spacial score (nSPS) is 15.3. The quantitative estimate of drug-likeness (QED) is 0.495. The largest absolute Gasteiger partial charge is 0.497 e. The molecule has 1 aliphatic heterocycles. The van der Waals surface area contributed by atoms with Crippen LogP contribution in [0.15, 0.2) is 48.7 Å². The number of hydrogen-bond acceptors (Lipinski definition) is 5. The van der Waals surface area contributed by atoms with Crippen LogP contribution in [0.25, 0.3) is 10.9 Å². The van der Waals surface area contributed by atoms with Gasteiger partial charge in [-0.25, -0.2) is 0 Å². The van der Waals surface area contributed by atoms with Crippen LogP contribution >= 0.6 is 0 Å². The number of methoxy groups -OCH3 is 2. The Balaban J connectivity index is 1.62. The molecule has 7 nitrogen and oxygen atoms in total. The molecule has 1 N–H and O–H groups in total. The predicted molar refractivity (Wildman–Crippen MR) is 134 cm³/mol. The van der Waals surface area contributed by atoms with Crippen LogP contribution in [0.3, 0.4) is 0 Å². The molecule has 1 aromatic heterocycles. The molecule has 0 saturated carbocycles. The van der Waals surface area contributed by atoms with E-state index in [9.17, 15) is 4.79 Å². The molecule has 0 radical (unpaired) electrons. The number of rotatable bonds is 10. The highest BCUT2D eigenvalue weighted by Gasteiger charge is 2.24. The summed E-state index contributed by atoms with van der Waals surface area (Å²) in [5.41, 5.74) is 3.31. The first-order valence-electron chi connectivity index (χ1n) is 12.0. The van der Waals surface area contributed by atoms with E-state index in [1.807, 2.05) is 18.2 Å². The van der Waals surface area contributed by atoms with Gasteiger partial charge in [0.15, 0.2) is 0 Å². The maximum atomic E-state index is 13.1. The second kappa shape index (κ2) is 11.4. The average molecular weight is 466 g/mol. The summed E-state index contributed by atoms with van der Waals surface area (Å²) in [4.78, 5) is 15.5.